The molecule has 0 fully saturated rings. The van der Waals surface area contributed by atoms with E-state index >= 15 is 0 Å². The van der Waals surface area contributed by atoms with Gasteiger partial charge >= 0.3 is 0 Å². The number of hydrogen-bond acceptors (Lipinski definition) is 3. The SMILES string of the molecule is C[C@H](CO)CS[C@H](C(N)=O)c1ccc(F)cc1. The van der Waals surface area contributed by atoms with Crippen LogP contribution in [0.3, 0.4) is 0 Å². The van der Waals surface area contributed by atoms with Crippen LogP contribution >= 0.6 is 11.8 Å². The number of nitrogens with two attached hydrogens (primary N) is 1. The molecule has 94 valence electrons. The molecule has 0 radical (unpaired) electrons. The second kappa shape index (κ2) is 6.61. The molecule has 0 heterocycles. The van der Waals surface area contributed by atoms with E-state index in [-0.39, 0.29) is 18.3 Å². The summed E-state index contributed by atoms with van der Waals surface area (Å²) in [6, 6.07) is 5.73. The minimum absolute atomic E-state index is 0.0713. The van der Waals surface area contributed by atoms with Crippen molar-refractivity contribution in [3.05, 3.63) is 35.6 Å². The fourth-order valence-electron chi connectivity index (χ4n) is 1.29. The number of carbonyl (C=O) groups is 1. The summed E-state index contributed by atoms with van der Waals surface area (Å²) in [6.07, 6.45) is 0. The summed E-state index contributed by atoms with van der Waals surface area (Å²) in [4.78, 5) is 11.3. The number of carbonyl (C=O) groups excluding carboxylic acids is 1. The van der Waals surface area contributed by atoms with E-state index < -0.39 is 11.2 Å². The second-order valence-corrected chi connectivity index (χ2v) is 5.09. The third-order valence-electron chi connectivity index (χ3n) is 2.29. The zero-order valence-corrected chi connectivity index (χ0v) is 10.4. The van der Waals surface area contributed by atoms with Crippen molar-refractivity contribution < 1.29 is 14.3 Å². The van der Waals surface area contributed by atoms with Crippen LogP contribution in [-0.2, 0) is 4.79 Å². The molecule has 0 aromatic heterocycles. The number of amides is 1. The van der Waals surface area contributed by atoms with Gasteiger partial charge in [0, 0.05) is 6.61 Å². The minimum Gasteiger partial charge on any atom is -0.396 e. The first-order valence-corrected chi connectivity index (χ1v) is 6.36. The summed E-state index contributed by atoms with van der Waals surface area (Å²) in [7, 11) is 0. The molecule has 0 spiro atoms. The molecule has 5 heteroatoms. The van der Waals surface area contributed by atoms with Gasteiger partial charge in [0.15, 0.2) is 0 Å². The van der Waals surface area contributed by atoms with Crippen molar-refractivity contribution in [3.63, 3.8) is 0 Å². The summed E-state index contributed by atoms with van der Waals surface area (Å²) in [5.41, 5.74) is 6.01. The zero-order chi connectivity index (χ0) is 12.8. The molecular formula is C12H16FNO2S. The number of hydrogen-bond donors (Lipinski definition) is 2. The molecule has 0 bridgehead atoms. The summed E-state index contributed by atoms with van der Waals surface area (Å²) in [5, 5.41) is 8.42. The molecule has 0 saturated heterocycles. The molecule has 2 atom stereocenters. The molecule has 17 heavy (non-hydrogen) atoms. The van der Waals surface area contributed by atoms with Crippen LogP contribution in [0.2, 0.25) is 0 Å². The van der Waals surface area contributed by atoms with Crippen LogP contribution in [0.15, 0.2) is 24.3 Å². The lowest BCUT2D eigenvalue weighted by Gasteiger charge is -2.15. The highest BCUT2D eigenvalue weighted by Gasteiger charge is 2.19. The Morgan fingerprint density at radius 3 is 2.53 bits per heavy atom. The van der Waals surface area contributed by atoms with Crippen LogP contribution in [-0.4, -0.2) is 23.4 Å². The summed E-state index contributed by atoms with van der Waals surface area (Å²) in [6.45, 7) is 1.96. The standard InChI is InChI=1S/C12H16FNO2S/c1-8(6-15)7-17-11(12(14)16)9-2-4-10(13)5-3-9/h2-5,8,11,15H,6-7H2,1H3,(H2,14,16)/t8-,11+/m1/s1. The van der Waals surface area contributed by atoms with Gasteiger partial charge in [0.05, 0.1) is 0 Å². The molecule has 3 N–H and O–H groups in total. The number of thioether (sulfide) groups is 1. The molecule has 3 nitrogen and oxygen atoms in total. The number of primary amides is 1. The van der Waals surface area contributed by atoms with Crippen LogP contribution in [0.1, 0.15) is 17.7 Å². The Kier molecular flexibility index (Phi) is 5.44. The minimum atomic E-state index is -0.496. The fraction of sp³-hybridized carbons (Fsp3) is 0.417. The van der Waals surface area contributed by atoms with Crippen LogP contribution in [0.4, 0.5) is 4.39 Å². The van der Waals surface area contributed by atoms with Gasteiger partial charge in [0.1, 0.15) is 11.1 Å². The Morgan fingerprint density at radius 2 is 2.06 bits per heavy atom. The molecule has 1 amide bonds. The number of benzene rings is 1. The normalized spacial score (nSPS) is 14.3. The predicted molar refractivity (Wildman–Crippen MR) is 67.0 cm³/mol. The van der Waals surface area contributed by atoms with E-state index in [0.717, 1.165) is 0 Å². The van der Waals surface area contributed by atoms with Crippen molar-refractivity contribution >= 4 is 17.7 Å². The van der Waals surface area contributed by atoms with Crippen molar-refractivity contribution in [2.75, 3.05) is 12.4 Å². The maximum atomic E-state index is 12.8. The van der Waals surface area contributed by atoms with Gasteiger partial charge in [-0.05, 0) is 29.4 Å². The van der Waals surface area contributed by atoms with E-state index in [9.17, 15) is 9.18 Å². The number of aliphatic hydroxyl groups is 1. The zero-order valence-electron chi connectivity index (χ0n) is 9.60. The third kappa shape index (κ3) is 4.36. The highest BCUT2D eigenvalue weighted by molar-refractivity contribution is 8.00. The van der Waals surface area contributed by atoms with Gasteiger partial charge in [-0.2, -0.15) is 0 Å². The first-order chi connectivity index (χ1) is 8.04. The van der Waals surface area contributed by atoms with Crippen molar-refractivity contribution in [2.45, 2.75) is 12.2 Å². The lowest BCUT2D eigenvalue weighted by molar-refractivity contribution is -0.117. The van der Waals surface area contributed by atoms with Crippen LogP contribution in [0, 0.1) is 11.7 Å². The highest BCUT2D eigenvalue weighted by Crippen LogP contribution is 2.30. The Labute approximate surface area is 104 Å². The molecule has 0 aliphatic heterocycles. The predicted octanol–water partition coefficient (Wildman–Crippen LogP) is 1.71. The Morgan fingerprint density at radius 1 is 1.47 bits per heavy atom. The van der Waals surface area contributed by atoms with E-state index in [4.69, 9.17) is 10.8 Å². The summed E-state index contributed by atoms with van der Waals surface area (Å²) >= 11 is 1.36. The van der Waals surface area contributed by atoms with Gasteiger partial charge < -0.3 is 10.8 Å². The lowest BCUT2D eigenvalue weighted by Crippen LogP contribution is -2.20. The molecule has 0 aliphatic rings. The van der Waals surface area contributed by atoms with Gasteiger partial charge in [-0.25, -0.2) is 4.39 Å². The van der Waals surface area contributed by atoms with Crippen LogP contribution in [0.25, 0.3) is 0 Å². The molecular weight excluding hydrogens is 241 g/mol. The van der Waals surface area contributed by atoms with E-state index in [0.29, 0.717) is 11.3 Å². The van der Waals surface area contributed by atoms with E-state index in [1.165, 1.54) is 23.9 Å². The topological polar surface area (TPSA) is 63.3 Å². The summed E-state index contributed by atoms with van der Waals surface area (Å²) in [5.74, 6) is -0.0682. The van der Waals surface area contributed by atoms with E-state index in [2.05, 4.69) is 0 Å². The quantitative estimate of drug-likeness (QED) is 0.815. The second-order valence-electron chi connectivity index (χ2n) is 3.96. The molecule has 0 aliphatic carbocycles. The summed E-state index contributed by atoms with van der Waals surface area (Å²) < 4.78 is 12.8. The largest absolute Gasteiger partial charge is 0.396 e. The van der Waals surface area contributed by atoms with E-state index in [1.807, 2.05) is 6.92 Å². The third-order valence-corrected chi connectivity index (χ3v) is 3.89. The van der Waals surface area contributed by atoms with Gasteiger partial charge in [-0.1, -0.05) is 19.1 Å². The maximum absolute atomic E-state index is 12.8. The molecule has 1 aromatic rings. The number of aliphatic hydroxyl groups excluding tert-OH is 1. The highest BCUT2D eigenvalue weighted by atomic mass is 32.2. The van der Waals surface area contributed by atoms with Crippen LogP contribution < -0.4 is 5.73 Å². The smallest absolute Gasteiger partial charge is 0.235 e. The van der Waals surface area contributed by atoms with Gasteiger partial charge in [-0.15, -0.1) is 11.8 Å². The van der Waals surface area contributed by atoms with Gasteiger partial charge in [0.2, 0.25) is 5.91 Å². The lowest BCUT2D eigenvalue weighted by atomic mass is 10.1. The molecule has 1 rings (SSSR count). The van der Waals surface area contributed by atoms with Gasteiger partial charge in [-0.3, -0.25) is 4.79 Å². The Balaban J connectivity index is 2.72. The molecule has 0 unspecified atom stereocenters. The monoisotopic (exact) mass is 257 g/mol. The Bertz CT molecular complexity index is 369. The Hall–Kier alpha value is -1.07. The average Bonchev–Trinajstić information content (AvgIpc) is 2.31. The fourth-order valence-corrected chi connectivity index (χ4v) is 2.43. The maximum Gasteiger partial charge on any atom is 0.235 e. The van der Waals surface area contributed by atoms with Crippen molar-refractivity contribution in [3.8, 4) is 0 Å². The van der Waals surface area contributed by atoms with Crippen molar-refractivity contribution in [1.29, 1.82) is 0 Å². The van der Waals surface area contributed by atoms with Crippen molar-refractivity contribution in [2.24, 2.45) is 11.7 Å². The first-order valence-electron chi connectivity index (χ1n) is 5.31. The van der Waals surface area contributed by atoms with E-state index in [1.54, 1.807) is 12.1 Å². The van der Waals surface area contributed by atoms with Crippen LogP contribution in [0.5, 0.6) is 0 Å². The average molecular weight is 257 g/mol. The van der Waals surface area contributed by atoms with Crippen molar-refractivity contribution in [1.82, 2.24) is 0 Å². The number of halogens is 1. The molecule has 1 aromatic carbocycles. The van der Waals surface area contributed by atoms with Gasteiger partial charge in [0.25, 0.3) is 0 Å². The first kappa shape index (κ1) is 14.0. The molecule has 0 saturated carbocycles. The number of rotatable bonds is 6.